The molecule has 0 unspecified atom stereocenters. The summed E-state index contributed by atoms with van der Waals surface area (Å²) < 4.78 is 12.8. The Bertz CT molecular complexity index is 672. The molecular formula is C20H23FN2O2. The highest BCUT2D eigenvalue weighted by molar-refractivity contribution is 5.96. The summed E-state index contributed by atoms with van der Waals surface area (Å²) in [5.41, 5.74) is 2.17. The van der Waals surface area contributed by atoms with Crippen LogP contribution in [0.25, 0.3) is 0 Å². The first-order valence-electron chi connectivity index (χ1n) is 8.45. The first kappa shape index (κ1) is 18.6. The van der Waals surface area contributed by atoms with Crippen LogP contribution >= 0.6 is 0 Å². The van der Waals surface area contributed by atoms with Crippen molar-refractivity contribution in [3.63, 3.8) is 0 Å². The molecule has 0 radical (unpaired) electrons. The van der Waals surface area contributed by atoms with Crippen LogP contribution in [0.3, 0.4) is 0 Å². The third kappa shape index (κ3) is 7.61. The minimum absolute atomic E-state index is 0.172. The van der Waals surface area contributed by atoms with Crippen molar-refractivity contribution in [3.05, 3.63) is 71.5 Å². The molecule has 0 aliphatic rings. The SMILES string of the molecule is O=C(CC(=O)NCCc1ccc(F)cc1)NCCCc1ccccc1. The van der Waals surface area contributed by atoms with Gasteiger partial charge in [-0.2, -0.15) is 0 Å². The molecule has 2 N–H and O–H groups in total. The van der Waals surface area contributed by atoms with Gasteiger partial charge in [0.2, 0.25) is 11.8 Å². The summed E-state index contributed by atoms with van der Waals surface area (Å²) in [4.78, 5) is 23.4. The molecule has 2 amide bonds. The molecule has 2 aromatic rings. The fourth-order valence-corrected chi connectivity index (χ4v) is 2.43. The fourth-order valence-electron chi connectivity index (χ4n) is 2.43. The van der Waals surface area contributed by atoms with Gasteiger partial charge in [0.15, 0.2) is 0 Å². The zero-order valence-corrected chi connectivity index (χ0v) is 14.1. The summed E-state index contributed by atoms with van der Waals surface area (Å²) in [5.74, 6) is -0.855. The molecule has 2 rings (SSSR count). The largest absolute Gasteiger partial charge is 0.356 e. The number of halogens is 1. The minimum atomic E-state index is -0.303. The Labute approximate surface area is 147 Å². The predicted molar refractivity (Wildman–Crippen MR) is 95.5 cm³/mol. The van der Waals surface area contributed by atoms with Crippen molar-refractivity contribution >= 4 is 11.8 Å². The first-order valence-corrected chi connectivity index (χ1v) is 8.45. The highest BCUT2D eigenvalue weighted by atomic mass is 19.1. The van der Waals surface area contributed by atoms with Crippen molar-refractivity contribution in [2.24, 2.45) is 0 Å². The molecule has 0 bridgehead atoms. The molecule has 0 fully saturated rings. The number of aryl methyl sites for hydroxylation is 1. The van der Waals surface area contributed by atoms with E-state index in [4.69, 9.17) is 0 Å². The van der Waals surface area contributed by atoms with E-state index in [2.05, 4.69) is 22.8 Å². The second-order valence-corrected chi connectivity index (χ2v) is 5.84. The van der Waals surface area contributed by atoms with Crippen LogP contribution in [0, 0.1) is 5.82 Å². The zero-order chi connectivity index (χ0) is 17.9. The van der Waals surface area contributed by atoms with Crippen LogP contribution in [0.5, 0.6) is 0 Å². The van der Waals surface area contributed by atoms with Gasteiger partial charge in [0.05, 0.1) is 0 Å². The molecule has 25 heavy (non-hydrogen) atoms. The van der Waals surface area contributed by atoms with E-state index in [0.29, 0.717) is 19.5 Å². The molecule has 0 aromatic heterocycles. The molecule has 4 nitrogen and oxygen atoms in total. The molecule has 0 atom stereocenters. The lowest BCUT2D eigenvalue weighted by molar-refractivity contribution is -0.129. The summed E-state index contributed by atoms with van der Waals surface area (Å²) >= 11 is 0. The number of carbonyl (C=O) groups is 2. The van der Waals surface area contributed by atoms with Gasteiger partial charge >= 0.3 is 0 Å². The Balaban J connectivity index is 1.55. The second-order valence-electron chi connectivity index (χ2n) is 5.84. The normalized spacial score (nSPS) is 10.3. The zero-order valence-electron chi connectivity index (χ0n) is 14.1. The molecule has 0 heterocycles. The number of hydrogen-bond donors (Lipinski definition) is 2. The van der Waals surface area contributed by atoms with Crippen LogP contribution in [0.2, 0.25) is 0 Å². The maximum absolute atomic E-state index is 12.8. The summed E-state index contributed by atoms with van der Waals surface area (Å²) in [5, 5.41) is 5.46. The van der Waals surface area contributed by atoms with Crippen molar-refractivity contribution in [3.8, 4) is 0 Å². The van der Waals surface area contributed by atoms with E-state index in [1.54, 1.807) is 12.1 Å². The van der Waals surface area contributed by atoms with Crippen LogP contribution in [0.1, 0.15) is 24.0 Å². The van der Waals surface area contributed by atoms with Gasteiger partial charge in [0.25, 0.3) is 0 Å². The average molecular weight is 342 g/mol. The minimum Gasteiger partial charge on any atom is -0.356 e. The first-order chi connectivity index (χ1) is 12.1. The summed E-state index contributed by atoms with van der Waals surface area (Å²) in [6.07, 6.45) is 2.16. The predicted octanol–water partition coefficient (Wildman–Crippen LogP) is 2.62. The molecule has 0 aliphatic carbocycles. The van der Waals surface area contributed by atoms with Gasteiger partial charge in [-0.15, -0.1) is 0 Å². The topological polar surface area (TPSA) is 58.2 Å². The van der Waals surface area contributed by atoms with Gasteiger partial charge in [-0.1, -0.05) is 42.5 Å². The molecule has 0 saturated carbocycles. The molecule has 0 saturated heterocycles. The lowest BCUT2D eigenvalue weighted by Crippen LogP contribution is -2.33. The monoisotopic (exact) mass is 342 g/mol. The highest BCUT2D eigenvalue weighted by Gasteiger charge is 2.08. The summed E-state index contributed by atoms with van der Waals surface area (Å²) in [7, 11) is 0. The van der Waals surface area contributed by atoms with Crippen LogP contribution in [-0.4, -0.2) is 24.9 Å². The van der Waals surface area contributed by atoms with Gasteiger partial charge in [0, 0.05) is 13.1 Å². The van der Waals surface area contributed by atoms with Crippen molar-refractivity contribution in [1.82, 2.24) is 10.6 Å². The molecule has 0 spiro atoms. The standard InChI is InChI=1S/C20H23FN2O2/c21-18-10-8-17(9-11-18)12-14-23-20(25)15-19(24)22-13-4-7-16-5-2-1-3-6-16/h1-3,5-6,8-11H,4,7,12-15H2,(H,22,24)(H,23,25). The number of nitrogens with one attached hydrogen (secondary N) is 2. The highest BCUT2D eigenvalue weighted by Crippen LogP contribution is 2.03. The quantitative estimate of drug-likeness (QED) is 0.544. The van der Waals surface area contributed by atoms with Crippen molar-refractivity contribution < 1.29 is 14.0 Å². The van der Waals surface area contributed by atoms with Crippen molar-refractivity contribution in [1.29, 1.82) is 0 Å². The van der Waals surface area contributed by atoms with E-state index < -0.39 is 0 Å². The van der Waals surface area contributed by atoms with Crippen molar-refractivity contribution in [2.75, 3.05) is 13.1 Å². The average Bonchev–Trinajstić information content (AvgIpc) is 2.61. The Hall–Kier alpha value is -2.69. The van der Waals surface area contributed by atoms with Crippen LogP contribution in [0.4, 0.5) is 4.39 Å². The fraction of sp³-hybridized carbons (Fsp3) is 0.300. The number of benzene rings is 2. The molecular weight excluding hydrogens is 319 g/mol. The number of hydrogen-bond acceptors (Lipinski definition) is 2. The number of amides is 2. The number of carbonyl (C=O) groups excluding carboxylic acids is 2. The van der Waals surface area contributed by atoms with E-state index >= 15 is 0 Å². The number of rotatable bonds is 9. The van der Waals surface area contributed by atoms with Crippen LogP contribution in [0.15, 0.2) is 54.6 Å². The van der Waals surface area contributed by atoms with E-state index in [1.807, 2.05) is 18.2 Å². The molecule has 132 valence electrons. The van der Waals surface area contributed by atoms with E-state index in [-0.39, 0.29) is 24.1 Å². The third-order valence-electron chi connectivity index (χ3n) is 3.78. The van der Waals surface area contributed by atoms with Crippen LogP contribution < -0.4 is 10.6 Å². The molecule has 0 aliphatic heterocycles. The maximum atomic E-state index is 12.8. The van der Waals surface area contributed by atoms with Gasteiger partial charge < -0.3 is 10.6 Å². The van der Waals surface area contributed by atoms with Gasteiger partial charge in [-0.05, 0) is 42.5 Å². The summed E-state index contributed by atoms with van der Waals surface area (Å²) in [6, 6.07) is 16.2. The van der Waals surface area contributed by atoms with E-state index in [9.17, 15) is 14.0 Å². The van der Waals surface area contributed by atoms with Gasteiger partial charge in [-0.25, -0.2) is 4.39 Å². The summed E-state index contributed by atoms with van der Waals surface area (Å²) in [6.45, 7) is 0.975. The van der Waals surface area contributed by atoms with Crippen LogP contribution in [-0.2, 0) is 22.4 Å². The smallest absolute Gasteiger partial charge is 0.229 e. The van der Waals surface area contributed by atoms with E-state index in [0.717, 1.165) is 18.4 Å². The Morgan fingerprint density at radius 3 is 2.04 bits per heavy atom. The van der Waals surface area contributed by atoms with Gasteiger partial charge in [0.1, 0.15) is 12.2 Å². The van der Waals surface area contributed by atoms with E-state index in [1.165, 1.54) is 17.7 Å². The van der Waals surface area contributed by atoms with Crippen molar-refractivity contribution in [2.45, 2.75) is 25.7 Å². The van der Waals surface area contributed by atoms with Gasteiger partial charge in [-0.3, -0.25) is 9.59 Å². The Kier molecular flexibility index (Phi) is 7.63. The lowest BCUT2D eigenvalue weighted by atomic mass is 10.1. The lowest BCUT2D eigenvalue weighted by Gasteiger charge is -2.07. The second kappa shape index (κ2) is 10.2. The maximum Gasteiger partial charge on any atom is 0.229 e. The Morgan fingerprint density at radius 2 is 1.36 bits per heavy atom. The molecule has 2 aromatic carbocycles. The Morgan fingerprint density at radius 1 is 0.760 bits per heavy atom. The third-order valence-corrected chi connectivity index (χ3v) is 3.78. The molecule has 5 heteroatoms.